The van der Waals surface area contributed by atoms with Gasteiger partial charge in [0.2, 0.25) is 23.6 Å². The van der Waals surface area contributed by atoms with Gasteiger partial charge in [-0.3, -0.25) is 19.2 Å². The highest BCUT2D eigenvalue weighted by Crippen LogP contribution is 2.19. The number of carboxylic acids is 1. The Labute approximate surface area is 207 Å². The van der Waals surface area contributed by atoms with Crippen molar-refractivity contribution in [3.63, 3.8) is 0 Å². The van der Waals surface area contributed by atoms with Gasteiger partial charge in [-0.05, 0) is 37.7 Å². The second kappa shape index (κ2) is 13.7. The first kappa shape index (κ1) is 28.1. The van der Waals surface area contributed by atoms with E-state index < -0.39 is 53.8 Å². The molecule has 0 spiro atoms. The Morgan fingerprint density at radius 3 is 2.60 bits per heavy atom. The van der Waals surface area contributed by atoms with Crippen LogP contribution in [0.25, 0.3) is 0 Å². The summed E-state index contributed by atoms with van der Waals surface area (Å²) in [5.74, 6) is -3.08. The van der Waals surface area contributed by atoms with Gasteiger partial charge in [-0.1, -0.05) is 0 Å². The summed E-state index contributed by atoms with van der Waals surface area (Å²) in [7, 11) is 0. The predicted molar refractivity (Wildman–Crippen MR) is 128 cm³/mol. The van der Waals surface area contributed by atoms with Gasteiger partial charge >= 0.3 is 5.97 Å². The van der Waals surface area contributed by atoms with Crippen molar-refractivity contribution in [2.45, 2.75) is 62.7 Å². The standard InChI is InChI=1S/C21H33N7O6S/c1-35-8-6-15(21(33)34)27-18(30)14(4-5-17(23)29)26-19(31)16-3-2-7-28(16)20(32)13(22)9-12-10-24-11-25-12/h10-11,13-16H,2-9,22H2,1H3,(H2,23,29)(H,24,25)(H,26,31)(H,27,30)(H,33,34). The fourth-order valence-electron chi connectivity index (χ4n) is 3.83. The number of carbonyl (C=O) groups is 5. The average Bonchev–Trinajstić information content (AvgIpc) is 3.50. The molecule has 1 fully saturated rings. The first-order valence-corrected chi connectivity index (χ1v) is 12.7. The number of nitrogens with two attached hydrogens (primary N) is 2. The van der Waals surface area contributed by atoms with Crippen LogP contribution in [0.5, 0.6) is 0 Å². The van der Waals surface area contributed by atoms with E-state index >= 15 is 0 Å². The minimum absolute atomic E-state index is 0.109. The van der Waals surface area contributed by atoms with E-state index in [0.717, 1.165) is 0 Å². The number of likely N-dealkylation sites (tertiary alicyclic amines) is 1. The molecule has 2 rings (SSSR count). The van der Waals surface area contributed by atoms with Gasteiger partial charge < -0.3 is 37.1 Å². The summed E-state index contributed by atoms with van der Waals surface area (Å²) in [5, 5.41) is 14.4. The molecule has 1 aliphatic heterocycles. The Bertz CT molecular complexity index is 897. The number of hydrogen-bond donors (Lipinski definition) is 6. The van der Waals surface area contributed by atoms with E-state index in [0.29, 0.717) is 30.8 Å². The highest BCUT2D eigenvalue weighted by Gasteiger charge is 2.38. The first-order valence-electron chi connectivity index (χ1n) is 11.3. The number of thioether (sulfide) groups is 1. The van der Waals surface area contributed by atoms with Gasteiger partial charge in [-0.15, -0.1) is 0 Å². The van der Waals surface area contributed by atoms with Crippen LogP contribution in [-0.2, 0) is 30.4 Å². The molecule has 4 amide bonds. The zero-order valence-electron chi connectivity index (χ0n) is 19.6. The summed E-state index contributed by atoms with van der Waals surface area (Å²) in [4.78, 5) is 69.8. The molecule has 4 unspecified atom stereocenters. The quantitative estimate of drug-likeness (QED) is 0.168. The summed E-state index contributed by atoms with van der Waals surface area (Å²) >= 11 is 1.43. The summed E-state index contributed by atoms with van der Waals surface area (Å²) in [6.07, 6.45) is 5.92. The minimum Gasteiger partial charge on any atom is -0.480 e. The Hall–Kier alpha value is -3.13. The van der Waals surface area contributed by atoms with E-state index in [1.807, 2.05) is 6.26 Å². The largest absolute Gasteiger partial charge is 0.480 e. The van der Waals surface area contributed by atoms with Gasteiger partial charge in [-0.25, -0.2) is 9.78 Å². The number of hydrogen-bond acceptors (Lipinski definition) is 8. The van der Waals surface area contributed by atoms with Crippen LogP contribution in [0, 0.1) is 0 Å². The molecule has 0 saturated carbocycles. The minimum atomic E-state index is -1.20. The smallest absolute Gasteiger partial charge is 0.326 e. The molecular weight excluding hydrogens is 478 g/mol. The maximum atomic E-state index is 13.1. The maximum Gasteiger partial charge on any atom is 0.326 e. The number of aliphatic carboxylic acids is 1. The summed E-state index contributed by atoms with van der Waals surface area (Å²) in [5.41, 5.74) is 12.0. The van der Waals surface area contributed by atoms with Gasteiger partial charge in [0.1, 0.15) is 18.1 Å². The van der Waals surface area contributed by atoms with Crippen molar-refractivity contribution < 1.29 is 29.1 Å². The van der Waals surface area contributed by atoms with Gasteiger partial charge in [0, 0.05) is 31.3 Å². The predicted octanol–water partition coefficient (Wildman–Crippen LogP) is -1.66. The number of carbonyl (C=O) groups excluding carboxylic acids is 4. The molecule has 1 saturated heterocycles. The van der Waals surface area contributed by atoms with Crippen LogP contribution < -0.4 is 22.1 Å². The summed E-state index contributed by atoms with van der Waals surface area (Å²) in [6.45, 7) is 0.335. The van der Waals surface area contributed by atoms with E-state index in [1.165, 1.54) is 23.0 Å². The van der Waals surface area contributed by atoms with Crippen molar-refractivity contribution in [2.75, 3.05) is 18.6 Å². The fourth-order valence-corrected chi connectivity index (χ4v) is 4.30. The van der Waals surface area contributed by atoms with Crippen LogP contribution in [-0.4, -0.2) is 92.3 Å². The fraction of sp³-hybridized carbons (Fsp3) is 0.619. The lowest BCUT2D eigenvalue weighted by molar-refractivity contribution is -0.143. The molecule has 0 radical (unpaired) electrons. The normalized spacial score (nSPS) is 17.9. The number of amides is 4. The van der Waals surface area contributed by atoms with Gasteiger partial charge in [0.05, 0.1) is 12.4 Å². The van der Waals surface area contributed by atoms with E-state index in [-0.39, 0.29) is 25.7 Å². The Morgan fingerprint density at radius 2 is 2.00 bits per heavy atom. The van der Waals surface area contributed by atoms with Crippen molar-refractivity contribution in [1.82, 2.24) is 25.5 Å². The van der Waals surface area contributed by atoms with E-state index in [1.54, 1.807) is 6.20 Å². The number of H-pyrrole nitrogens is 1. The molecule has 194 valence electrons. The Morgan fingerprint density at radius 1 is 1.26 bits per heavy atom. The number of rotatable bonds is 14. The van der Waals surface area contributed by atoms with Crippen molar-refractivity contribution in [1.29, 1.82) is 0 Å². The third-order valence-electron chi connectivity index (χ3n) is 5.69. The van der Waals surface area contributed by atoms with Crippen LogP contribution in [0.2, 0.25) is 0 Å². The number of primary amides is 1. The van der Waals surface area contributed by atoms with E-state index in [2.05, 4.69) is 20.6 Å². The Kier molecular flexibility index (Phi) is 11.0. The van der Waals surface area contributed by atoms with E-state index in [9.17, 15) is 29.1 Å². The number of nitrogens with one attached hydrogen (secondary N) is 3. The molecule has 1 aromatic heterocycles. The molecule has 35 heavy (non-hydrogen) atoms. The zero-order chi connectivity index (χ0) is 26.0. The molecular formula is C21H33N7O6S. The molecule has 0 aromatic carbocycles. The van der Waals surface area contributed by atoms with Crippen LogP contribution in [0.1, 0.15) is 37.8 Å². The molecule has 0 bridgehead atoms. The highest BCUT2D eigenvalue weighted by molar-refractivity contribution is 7.98. The molecule has 1 aromatic rings. The van der Waals surface area contributed by atoms with Crippen molar-refractivity contribution in [2.24, 2.45) is 11.5 Å². The summed E-state index contributed by atoms with van der Waals surface area (Å²) < 4.78 is 0. The number of imidazole rings is 1. The van der Waals surface area contributed by atoms with Crippen molar-refractivity contribution >= 4 is 41.4 Å². The number of carboxylic acid groups (broad SMARTS) is 1. The van der Waals surface area contributed by atoms with Gasteiger partial charge in [0.25, 0.3) is 0 Å². The van der Waals surface area contributed by atoms with Crippen LogP contribution >= 0.6 is 11.8 Å². The third-order valence-corrected chi connectivity index (χ3v) is 6.33. The molecule has 13 nitrogen and oxygen atoms in total. The lowest BCUT2D eigenvalue weighted by atomic mass is 10.1. The zero-order valence-corrected chi connectivity index (χ0v) is 20.4. The van der Waals surface area contributed by atoms with Crippen LogP contribution in [0.4, 0.5) is 0 Å². The monoisotopic (exact) mass is 511 g/mol. The van der Waals surface area contributed by atoms with Crippen LogP contribution in [0.3, 0.4) is 0 Å². The second-order valence-electron chi connectivity index (χ2n) is 8.32. The van der Waals surface area contributed by atoms with Crippen LogP contribution in [0.15, 0.2) is 12.5 Å². The first-order chi connectivity index (χ1) is 16.6. The average molecular weight is 512 g/mol. The number of nitrogens with zero attached hydrogens (tertiary/aromatic N) is 2. The Balaban J connectivity index is 2.07. The SMILES string of the molecule is CSCCC(NC(=O)C(CCC(N)=O)NC(=O)C1CCCN1C(=O)C(N)Cc1cnc[nH]1)C(=O)O. The molecule has 2 heterocycles. The van der Waals surface area contributed by atoms with Crippen molar-refractivity contribution in [3.8, 4) is 0 Å². The van der Waals surface area contributed by atoms with E-state index in [4.69, 9.17) is 11.5 Å². The molecule has 8 N–H and O–H groups in total. The van der Waals surface area contributed by atoms with Crippen molar-refractivity contribution in [3.05, 3.63) is 18.2 Å². The maximum absolute atomic E-state index is 13.1. The topological polar surface area (TPSA) is 214 Å². The highest BCUT2D eigenvalue weighted by atomic mass is 32.2. The molecule has 14 heteroatoms. The lowest BCUT2D eigenvalue weighted by Crippen LogP contribution is -2.57. The number of aromatic nitrogens is 2. The third kappa shape index (κ3) is 8.55. The summed E-state index contributed by atoms with van der Waals surface area (Å²) in [6, 6.07) is -4.06. The number of aromatic amines is 1. The molecule has 4 atom stereocenters. The molecule has 1 aliphatic rings. The van der Waals surface area contributed by atoms with Gasteiger partial charge in [0.15, 0.2) is 0 Å². The lowest BCUT2D eigenvalue weighted by Gasteiger charge is -2.28. The second-order valence-corrected chi connectivity index (χ2v) is 9.31. The molecule has 0 aliphatic carbocycles. The van der Waals surface area contributed by atoms with Gasteiger partial charge in [-0.2, -0.15) is 11.8 Å².